The minimum absolute atomic E-state index is 0.650. The lowest BCUT2D eigenvalue weighted by Gasteiger charge is -2.39. The number of nitrogens with zero attached hydrogens (tertiary/aromatic N) is 2. The average molecular weight is 190 g/mol. The first kappa shape index (κ1) is 12.8. The average Bonchev–Trinajstić information content (AvgIpc) is 2.04. The Morgan fingerprint density at radius 1 is 1.31 bits per heavy atom. The Bertz CT molecular complexity index is 138. The van der Waals surface area contributed by atoms with E-state index in [4.69, 9.17) is 4.74 Å². The van der Waals surface area contributed by atoms with E-state index < -0.39 is 5.85 Å². The van der Waals surface area contributed by atoms with Gasteiger partial charge in [0.05, 0.1) is 6.61 Å². The van der Waals surface area contributed by atoms with E-state index in [9.17, 15) is 5.11 Å². The van der Waals surface area contributed by atoms with Crippen molar-refractivity contribution >= 4 is 0 Å². The van der Waals surface area contributed by atoms with Crippen LogP contribution in [0.4, 0.5) is 0 Å². The van der Waals surface area contributed by atoms with Crippen LogP contribution in [0.2, 0.25) is 0 Å². The van der Waals surface area contributed by atoms with Crippen molar-refractivity contribution in [3.63, 3.8) is 0 Å². The summed E-state index contributed by atoms with van der Waals surface area (Å²) in [5, 5.41) is 9.96. The second-order valence-corrected chi connectivity index (χ2v) is 3.48. The van der Waals surface area contributed by atoms with Gasteiger partial charge in [0.15, 0.2) is 5.85 Å². The molecule has 1 unspecified atom stereocenters. The lowest BCUT2D eigenvalue weighted by molar-refractivity contribution is -0.179. The van der Waals surface area contributed by atoms with Crippen LogP contribution in [0.5, 0.6) is 0 Å². The number of hydrogen-bond donors (Lipinski definition) is 1. The lowest BCUT2D eigenvalue weighted by Crippen LogP contribution is -2.55. The molecule has 4 nitrogen and oxygen atoms in total. The Labute approximate surface area is 81.1 Å². The fourth-order valence-corrected chi connectivity index (χ4v) is 0.899. The van der Waals surface area contributed by atoms with E-state index in [1.54, 1.807) is 11.8 Å². The van der Waals surface area contributed by atoms with Gasteiger partial charge in [0.2, 0.25) is 0 Å². The van der Waals surface area contributed by atoms with Crippen LogP contribution in [0.25, 0.3) is 0 Å². The first-order valence-electron chi connectivity index (χ1n) is 4.61. The largest absolute Gasteiger partial charge is 0.380 e. The van der Waals surface area contributed by atoms with Crippen molar-refractivity contribution < 1.29 is 9.84 Å². The minimum Gasteiger partial charge on any atom is -0.380 e. The SMILES string of the molecule is CCOCCN(C)C(C)(O)N(C)C. The maximum absolute atomic E-state index is 9.96. The van der Waals surface area contributed by atoms with Crippen LogP contribution in [-0.2, 0) is 4.74 Å². The van der Waals surface area contributed by atoms with Crippen LogP contribution in [0.1, 0.15) is 13.8 Å². The van der Waals surface area contributed by atoms with Gasteiger partial charge < -0.3 is 9.84 Å². The van der Waals surface area contributed by atoms with Crippen LogP contribution < -0.4 is 0 Å². The van der Waals surface area contributed by atoms with Gasteiger partial charge in [-0.25, -0.2) is 0 Å². The fraction of sp³-hybridized carbons (Fsp3) is 1.00. The number of hydrogen-bond acceptors (Lipinski definition) is 4. The summed E-state index contributed by atoms with van der Waals surface area (Å²) in [5.74, 6) is -0.906. The molecule has 0 bridgehead atoms. The van der Waals surface area contributed by atoms with Gasteiger partial charge in [-0.15, -0.1) is 0 Å². The number of rotatable bonds is 6. The zero-order chi connectivity index (χ0) is 10.5. The van der Waals surface area contributed by atoms with Crippen LogP contribution >= 0.6 is 0 Å². The minimum atomic E-state index is -0.906. The molecular formula is C9H22N2O2. The third kappa shape index (κ3) is 4.04. The predicted molar refractivity (Wildman–Crippen MR) is 53.4 cm³/mol. The quantitative estimate of drug-likeness (QED) is 0.479. The molecule has 1 N–H and O–H groups in total. The third-order valence-electron chi connectivity index (χ3n) is 2.35. The first-order valence-corrected chi connectivity index (χ1v) is 4.61. The molecule has 0 fully saturated rings. The highest BCUT2D eigenvalue weighted by molar-refractivity contribution is 4.67. The van der Waals surface area contributed by atoms with Crippen LogP contribution in [0.15, 0.2) is 0 Å². The van der Waals surface area contributed by atoms with Crippen molar-refractivity contribution in [1.82, 2.24) is 9.80 Å². The van der Waals surface area contributed by atoms with Crippen molar-refractivity contribution in [2.24, 2.45) is 0 Å². The standard InChI is InChI=1S/C9H22N2O2/c1-6-13-8-7-11(5)9(2,12)10(3)4/h12H,6-8H2,1-5H3. The van der Waals surface area contributed by atoms with E-state index >= 15 is 0 Å². The van der Waals surface area contributed by atoms with Crippen molar-refractivity contribution in [1.29, 1.82) is 0 Å². The van der Waals surface area contributed by atoms with Gasteiger partial charge >= 0.3 is 0 Å². The Morgan fingerprint density at radius 2 is 1.85 bits per heavy atom. The maximum atomic E-state index is 9.96. The highest BCUT2D eigenvalue weighted by Gasteiger charge is 2.27. The van der Waals surface area contributed by atoms with Crippen molar-refractivity contribution in [2.75, 3.05) is 40.9 Å². The highest BCUT2D eigenvalue weighted by Crippen LogP contribution is 2.10. The summed E-state index contributed by atoms with van der Waals surface area (Å²) in [6.07, 6.45) is 0. The maximum Gasteiger partial charge on any atom is 0.173 e. The van der Waals surface area contributed by atoms with Gasteiger partial charge in [-0.1, -0.05) is 0 Å². The van der Waals surface area contributed by atoms with E-state index in [0.29, 0.717) is 6.61 Å². The summed E-state index contributed by atoms with van der Waals surface area (Å²) in [4.78, 5) is 3.61. The van der Waals surface area contributed by atoms with E-state index in [1.807, 2.05) is 33.0 Å². The van der Waals surface area contributed by atoms with E-state index in [-0.39, 0.29) is 0 Å². The second-order valence-electron chi connectivity index (χ2n) is 3.48. The monoisotopic (exact) mass is 190 g/mol. The Morgan fingerprint density at radius 3 is 2.23 bits per heavy atom. The fourth-order valence-electron chi connectivity index (χ4n) is 0.899. The van der Waals surface area contributed by atoms with E-state index in [0.717, 1.165) is 13.2 Å². The molecule has 0 spiro atoms. The molecule has 0 aliphatic heterocycles. The zero-order valence-electron chi connectivity index (χ0n) is 9.37. The van der Waals surface area contributed by atoms with Crippen LogP contribution in [-0.4, -0.2) is 61.7 Å². The second kappa shape index (κ2) is 5.54. The molecule has 0 aliphatic carbocycles. The smallest absolute Gasteiger partial charge is 0.173 e. The molecule has 0 heterocycles. The molecule has 0 saturated carbocycles. The van der Waals surface area contributed by atoms with Gasteiger partial charge in [-0.05, 0) is 35.0 Å². The number of aliphatic hydroxyl groups is 1. The Hall–Kier alpha value is -0.160. The molecular weight excluding hydrogens is 168 g/mol. The zero-order valence-corrected chi connectivity index (χ0v) is 9.37. The first-order chi connectivity index (χ1) is 5.92. The normalized spacial score (nSPS) is 16.6. The molecule has 0 amide bonds. The molecule has 80 valence electrons. The molecule has 0 saturated heterocycles. The van der Waals surface area contributed by atoms with Crippen molar-refractivity contribution in [3.8, 4) is 0 Å². The summed E-state index contributed by atoms with van der Waals surface area (Å²) in [5.41, 5.74) is 0. The number of ether oxygens (including phenoxy) is 1. The van der Waals surface area contributed by atoms with Crippen molar-refractivity contribution in [3.05, 3.63) is 0 Å². The van der Waals surface area contributed by atoms with Gasteiger partial charge in [-0.2, -0.15) is 0 Å². The van der Waals surface area contributed by atoms with Crippen LogP contribution in [0.3, 0.4) is 0 Å². The van der Waals surface area contributed by atoms with E-state index in [1.165, 1.54) is 0 Å². The summed E-state index contributed by atoms with van der Waals surface area (Å²) >= 11 is 0. The molecule has 0 aromatic heterocycles. The molecule has 0 aliphatic rings. The van der Waals surface area contributed by atoms with Gasteiger partial charge in [0.1, 0.15) is 0 Å². The van der Waals surface area contributed by atoms with Crippen LogP contribution in [0, 0.1) is 0 Å². The van der Waals surface area contributed by atoms with Gasteiger partial charge in [-0.3, -0.25) is 9.80 Å². The summed E-state index contributed by atoms with van der Waals surface area (Å²) in [6, 6.07) is 0. The highest BCUT2D eigenvalue weighted by atomic mass is 16.5. The molecule has 0 radical (unpaired) electrons. The predicted octanol–water partition coefficient (Wildman–Crippen LogP) is 0.182. The topological polar surface area (TPSA) is 35.9 Å². The lowest BCUT2D eigenvalue weighted by atomic mass is 10.3. The molecule has 13 heavy (non-hydrogen) atoms. The number of likely N-dealkylation sites (N-methyl/N-ethyl adjacent to an activating group) is 1. The molecule has 1 atom stereocenters. The Balaban J connectivity index is 3.87. The third-order valence-corrected chi connectivity index (χ3v) is 2.35. The van der Waals surface area contributed by atoms with Gasteiger partial charge in [0, 0.05) is 13.2 Å². The molecule has 0 aromatic carbocycles. The summed E-state index contributed by atoms with van der Waals surface area (Å²) in [7, 11) is 5.56. The van der Waals surface area contributed by atoms with Crippen molar-refractivity contribution in [2.45, 2.75) is 19.7 Å². The Kier molecular flexibility index (Phi) is 5.48. The van der Waals surface area contributed by atoms with E-state index in [2.05, 4.69) is 0 Å². The summed E-state index contributed by atoms with van der Waals surface area (Å²) < 4.78 is 5.21. The molecule has 0 aromatic rings. The van der Waals surface area contributed by atoms with Gasteiger partial charge in [0.25, 0.3) is 0 Å². The summed E-state index contributed by atoms with van der Waals surface area (Å²) in [6.45, 7) is 5.82. The molecule has 4 heteroatoms. The molecule has 0 rings (SSSR count).